The van der Waals surface area contributed by atoms with E-state index in [4.69, 9.17) is 0 Å². The third-order valence-electron chi connectivity index (χ3n) is 3.46. The third-order valence-corrected chi connectivity index (χ3v) is 4.14. The average Bonchev–Trinajstić information content (AvgIpc) is 2.29. The monoisotopic (exact) mass is 281 g/mol. The number of hydrogen-bond donors (Lipinski definition) is 1. The minimum Gasteiger partial charge on any atom is -0.317 e. The first-order chi connectivity index (χ1) is 7.68. The lowest BCUT2D eigenvalue weighted by molar-refractivity contribution is 0.460. The van der Waals surface area contributed by atoms with Crippen molar-refractivity contribution in [2.45, 2.75) is 38.5 Å². The van der Waals surface area contributed by atoms with Gasteiger partial charge >= 0.3 is 0 Å². The van der Waals surface area contributed by atoms with E-state index < -0.39 is 0 Å². The van der Waals surface area contributed by atoms with Crippen LogP contribution in [0, 0.1) is 0 Å². The molecule has 0 aliphatic carbocycles. The number of benzene rings is 1. The molecule has 0 unspecified atom stereocenters. The van der Waals surface area contributed by atoms with Crippen molar-refractivity contribution < 1.29 is 0 Å². The van der Waals surface area contributed by atoms with Crippen LogP contribution >= 0.6 is 15.9 Å². The van der Waals surface area contributed by atoms with Crippen LogP contribution in [0.3, 0.4) is 0 Å². The minimum atomic E-state index is 0.594. The van der Waals surface area contributed by atoms with E-state index in [-0.39, 0.29) is 0 Å². The van der Waals surface area contributed by atoms with Crippen molar-refractivity contribution in [2.75, 3.05) is 13.1 Å². The fourth-order valence-electron chi connectivity index (χ4n) is 2.42. The molecule has 0 aromatic heterocycles. The van der Waals surface area contributed by atoms with Crippen LogP contribution in [-0.2, 0) is 0 Å². The molecule has 1 aliphatic heterocycles. The molecule has 1 aromatic rings. The molecule has 0 bridgehead atoms. The van der Waals surface area contributed by atoms with Gasteiger partial charge in [0.1, 0.15) is 0 Å². The summed E-state index contributed by atoms with van der Waals surface area (Å²) in [6.07, 6.45) is 2.54. The van der Waals surface area contributed by atoms with Crippen molar-refractivity contribution >= 4 is 15.9 Å². The maximum atomic E-state index is 3.70. The van der Waals surface area contributed by atoms with Crippen LogP contribution in [0.25, 0.3) is 0 Å². The number of piperidine rings is 1. The summed E-state index contributed by atoms with van der Waals surface area (Å²) in [6.45, 7) is 6.80. The van der Waals surface area contributed by atoms with Gasteiger partial charge in [0.2, 0.25) is 0 Å². The molecule has 0 spiro atoms. The minimum absolute atomic E-state index is 0.594. The van der Waals surface area contributed by atoms with Gasteiger partial charge in [-0.1, -0.05) is 41.9 Å². The van der Waals surface area contributed by atoms with Gasteiger partial charge in [-0.15, -0.1) is 0 Å². The van der Waals surface area contributed by atoms with Crippen LogP contribution in [0.15, 0.2) is 22.7 Å². The molecule has 1 N–H and O–H groups in total. The van der Waals surface area contributed by atoms with E-state index in [1.165, 1.54) is 28.4 Å². The van der Waals surface area contributed by atoms with E-state index in [0.29, 0.717) is 5.92 Å². The van der Waals surface area contributed by atoms with Crippen LogP contribution in [0.5, 0.6) is 0 Å². The van der Waals surface area contributed by atoms with Crippen molar-refractivity contribution in [3.63, 3.8) is 0 Å². The smallest absolute Gasteiger partial charge is 0.0212 e. The predicted octanol–water partition coefficient (Wildman–Crippen LogP) is 4.04. The van der Waals surface area contributed by atoms with E-state index in [0.717, 1.165) is 19.0 Å². The molecule has 16 heavy (non-hydrogen) atoms. The summed E-state index contributed by atoms with van der Waals surface area (Å²) in [7, 11) is 0. The van der Waals surface area contributed by atoms with Gasteiger partial charge < -0.3 is 5.32 Å². The van der Waals surface area contributed by atoms with Gasteiger partial charge in [0.05, 0.1) is 0 Å². The Morgan fingerprint density at radius 3 is 2.50 bits per heavy atom. The zero-order chi connectivity index (χ0) is 11.5. The van der Waals surface area contributed by atoms with E-state index in [1.54, 1.807) is 0 Å². The Morgan fingerprint density at radius 1 is 1.25 bits per heavy atom. The lowest BCUT2D eigenvalue weighted by Crippen LogP contribution is -2.26. The van der Waals surface area contributed by atoms with Gasteiger partial charge in [-0.2, -0.15) is 0 Å². The highest BCUT2D eigenvalue weighted by atomic mass is 79.9. The summed E-state index contributed by atoms with van der Waals surface area (Å²) >= 11 is 3.70. The second-order valence-corrected chi connectivity index (χ2v) is 5.81. The molecule has 1 saturated heterocycles. The maximum absolute atomic E-state index is 3.70. The topological polar surface area (TPSA) is 12.0 Å². The molecule has 0 amide bonds. The summed E-state index contributed by atoms with van der Waals surface area (Å²) in [4.78, 5) is 0. The summed E-state index contributed by atoms with van der Waals surface area (Å²) in [5.41, 5.74) is 2.91. The van der Waals surface area contributed by atoms with Crippen molar-refractivity contribution in [1.29, 1.82) is 0 Å². The van der Waals surface area contributed by atoms with E-state index in [2.05, 4.69) is 53.3 Å². The normalized spacial score (nSPS) is 18.0. The quantitative estimate of drug-likeness (QED) is 0.863. The summed E-state index contributed by atoms with van der Waals surface area (Å²) in [6, 6.07) is 6.92. The van der Waals surface area contributed by atoms with Crippen molar-refractivity contribution in [2.24, 2.45) is 0 Å². The Balaban J connectivity index is 2.19. The van der Waals surface area contributed by atoms with E-state index in [9.17, 15) is 0 Å². The average molecular weight is 282 g/mol. The van der Waals surface area contributed by atoms with Crippen LogP contribution in [0.2, 0.25) is 0 Å². The lowest BCUT2D eigenvalue weighted by Gasteiger charge is -2.23. The van der Waals surface area contributed by atoms with Gasteiger partial charge in [0, 0.05) is 4.47 Å². The molecule has 0 atom stereocenters. The van der Waals surface area contributed by atoms with Crippen LogP contribution < -0.4 is 5.32 Å². The third kappa shape index (κ3) is 2.67. The highest BCUT2D eigenvalue weighted by molar-refractivity contribution is 9.10. The first-order valence-corrected chi connectivity index (χ1v) is 6.98. The van der Waals surface area contributed by atoms with Crippen molar-refractivity contribution in [3.05, 3.63) is 33.8 Å². The Labute approximate surface area is 107 Å². The second-order valence-electron chi connectivity index (χ2n) is 4.96. The molecule has 0 radical (unpaired) electrons. The fourth-order valence-corrected chi connectivity index (χ4v) is 3.28. The molecule has 2 heteroatoms. The molecule has 1 nitrogen and oxygen atoms in total. The van der Waals surface area contributed by atoms with Gasteiger partial charge in [-0.25, -0.2) is 0 Å². The number of hydrogen-bond acceptors (Lipinski definition) is 1. The Bertz CT molecular complexity index is 354. The number of halogens is 1. The van der Waals surface area contributed by atoms with Gasteiger partial charge in [0.15, 0.2) is 0 Å². The predicted molar refractivity (Wildman–Crippen MR) is 73.1 cm³/mol. The standard InChI is InChI=1S/C14H20BrN/c1-10(2)13-4-3-12(9-14(13)15)11-5-7-16-8-6-11/h3-4,9-11,16H,5-8H2,1-2H3. The van der Waals surface area contributed by atoms with E-state index in [1.807, 2.05) is 0 Å². The molecule has 1 fully saturated rings. The molecular formula is C14H20BrN. The number of nitrogens with one attached hydrogen (secondary N) is 1. The molecule has 0 saturated carbocycles. The van der Waals surface area contributed by atoms with Crippen molar-refractivity contribution in [3.8, 4) is 0 Å². The molecule has 2 rings (SSSR count). The fraction of sp³-hybridized carbons (Fsp3) is 0.571. The summed E-state index contributed by atoms with van der Waals surface area (Å²) in [5, 5.41) is 3.42. The molecule has 1 aliphatic rings. The highest BCUT2D eigenvalue weighted by Crippen LogP contribution is 2.31. The van der Waals surface area contributed by atoms with Crippen LogP contribution in [0.1, 0.15) is 49.7 Å². The first-order valence-electron chi connectivity index (χ1n) is 6.18. The summed E-state index contributed by atoms with van der Waals surface area (Å²) < 4.78 is 1.28. The zero-order valence-electron chi connectivity index (χ0n) is 10.1. The second kappa shape index (κ2) is 5.33. The number of rotatable bonds is 2. The van der Waals surface area contributed by atoms with Crippen LogP contribution in [0.4, 0.5) is 0 Å². The molecule has 88 valence electrons. The molecule has 1 aromatic carbocycles. The summed E-state index contributed by atoms with van der Waals surface area (Å²) in [5.74, 6) is 1.34. The highest BCUT2D eigenvalue weighted by Gasteiger charge is 2.16. The Hall–Kier alpha value is -0.340. The Kier molecular flexibility index (Phi) is 4.04. The molecule has 1 heterocycles. The van der Waals surface area contributed by atoms with E-state index >= 15 is 0 Å². The first kappa shape index (κ1) is 12.1. The lowest BCUT2D eigenvalue weighted by atomic mass is 9.89. The largest absolute Gasteiger partial charge is 0.317 e. The van der Waals surface area contributed by atoms with Gasteiger partial charge in [-0.3, -0.25) is 0 Å². The maximum Gasteiger partial charge on any atom is 0.0212 e. The van der Waals surface area contributed by atoms with Crippen molar-refractivity contribution in [1.82, 2.24) is 5.32 Å². The van der Waals surface area contributed by atoms with Gasteiger partial charge in [-0.05, 0) is 55.0 Å². The molecular weight excluding hydrogens is 262 g/mol. The Morgan fingerprint density at radius 2 is 1.94 bits per heavy atom. The van der Waals surface area contributed by atoms with Crippen LogP contribution in [-0.4, -0.2) is 13.1 Å². The zero-order valence-corrected chi connectivity index (χ0v) is 11.7. The van der Waals surface area contributed by atoms with Gasteiger partial charge in [0.25, 0.3) is 0 Å². The SMILES string of the molecule is CC(C)c1ccc(C2CCNCC2)cc1Br.